The molecule has 0 saturated heterocycles. The fourth-order valence-electron chi connectivity index (χ4n) is 4.09. The van der Waals surface area contributed by atoms with Gasteiger partial charge in [0.1, 0.15) is 5.82 Å². The minimum atomic E-state index is -3.51. The normalized spacial score (nSPS) is 19.0. The van der Waals surface area contributed by atoms with E-state index in [1.807, 2.05) is 0 Å². The summed E-state index contributed by atoms with van der Waals surface area (Å²) in [5.74, 6) is -3.68. The van der Waals surface area contributed by atoms with Crippen molar-refractivity contribution in [3.05, 3.63) is 53.7 Å². The van der Waals surface area contributed by atoms with Crippen LogP contribution in [-0.4, -0.2) is 37.6 Å². The molecule has 2 fully saturated rings. The van der Waals surface area contributed by atoms with Crippen molar-refractivity contribution >= 4 is 39.4 Å². The third-order valence-electron chi connectivity index (χ3n) is 6.22. The van der Waals surface area contributed by atoms with Gasteiger partial charge in [0.2, 0.25) is 0 Å². The summed E-state index contributed by atoms with van der Waals surface area (Å²) < 4.78 is 28.4. The van der Waals surface area contributed by atoms with E-state index in [1.165, 1.54) is 0 Å². The van der Waals surface area contributed by atoms with Crippen LogP contribution in [0.15, 0.2) is 36.8 Å². The number of amides is 1. The Morgan fingerprint density at radius 3 is 2.52 bits per heavy atom. The van der Waals surface area contributed by atoms with Crippen LogP contribution in [0.4, 0.5) is 8.78 Å². The molecule has 2 aromatic heterocycles. The number of aromatic nitrogens is 4. The second kappa shape index (κ2) is 7.97. The van der Waals surface area contributed by atoms with Crippen molar-refractivity contribution in [2.24, 2.45) is 5.92 Å². The number of alkyl halides is 3. The average molecular weight is 562 g/mol. The Bertz CT molecular complexity index is 1260. The molecule has 0 unspecified atom stereocenters. The number of nitrogens with zero attached hydrogens (tertiary/aromatic N) is 5. The number of nitriles is 1. The first-order valence-corrected chi connectivity index (χ1v) is 11.9. The van der Waals surface area contributed by atoms with Gasteiger partial charge in [0, 0.05) is 36.2 Å². The molecule has 2 heterocycles. The second-order valence-electron chi connectivity index (χ2n) is 8.90. The van der Waals surface area contributed by atoms with E-state index in [2.05, 4.69) is 49.0 Å². The van der Waals surface area contributed by atoms with Gasteiger partial charge in [-0.05, 0) is 72.4 Å². The predicted molar refractivity (Wildman–Crippen MR) is 125 cm³/mol. The molecular formula is C23H21F2IN6O. The Hall–Kier alpha value is -2.68. The first-order chi connectivity index (χ1) is 15.7. The molecule has 1 aromatic carbocycles. The van der Waals surface area contributed by atoms with E-state index < -0.39 is 21.4 Å². The molecule has 0 spiro atoms. The van der Waals surface area contributed by atoms with Crippen molar-refractivity contribution in [1.82, 2.24) is 25.1 Å². The number of carbonyl (C=O) groups is 1. The fraction of sp³-hybridized carbons (Fsp3) is 0.435. The summed E-state index contributed by atoms with van der Waals surface area (Å²) >= 11 is 2.19. The van der Waals surface area contributed by atoms with Gasteiger partial charge >= 0.3 is 5.92 Å². The number of fused-ring (bicyclic) bond motifs is 1. The summed E-state index contributed by atoms with van der Waals surface area (Å²) in [4.78, 5) is 21.5. The van der Waals surface area contributed by atoms with Crippen LogP contribution in [0.2, 0.25) is 0 Å². The van der Waals surface area contributed by atoms with E-state index in [4.69, 9.17) is 0 Å². The van der Waals surface area contributed by atoms with E-state index in [0.717, 1.165) is 42.4 Å². The van der Waals surface area contributed by atoms with Crippen LogP contribution >= 0.6 is 22.6 Å². The van der Waals surface area contributed by atoms with Crippen LogP contribution in [-0.2, 0) is 8.34 Å². The molecule has 5 rings (SSSR count). The van der Waals surface area contributed by atoms with E-state index in [-0.39, 0.29) is 5.92 Å². The van der Waals surface area contributed by atoms with E-state index in [0.29, 0.717) is 24.0 Å². The molecule has 2 atom stereocenters. The van der Waals surface area contributed by atoms with Gasteiger partial charge in [0.05, 0.1) is 29.4 Å². The minimum Gasteiger partial charge on any atom is -0.344 e. The van der Waals surface area contributed by atoms with Gasteiger partial charge in [-0.3, -0.25) is 4.79 Å². The number of rotatable bonds is 7. The van der Waals surface area contributed by atoms with Crippen molar-refractivity contribution in [1.29, 1.82) is 5.26 Å². The number of nitrogens with one attached hydrogen (secondary N) is 1. The predicted octanol–water partition coefficient (Wildman–Crippen LogP) is 4.26. The maximum atomic E-state index is 13.9. The molecule has 33 heavy (non-hydrogen) atoms. The number of benzene rings is 1. The topological polar surface area (TPSA) is 96.5 Å². The lowest BCUT2D eigenvalue weighted by Gasteiger charge is -2.38. The number of carbonyl (C=O) groups excluding carboxylic acids is 1. The average Bonchev–Trinajstić information content (AvgIpc) is 3.73. The van der Waals surface area contributed by atoms with Crippen molar-refractivity contribution in [3.8, 4) is 6.07 Å². The third-order valence-corrected chi connectivity index (χ3v) is 7.97. The first-order valence-electron chi connectivity index (χ1n) is 10.8. The van der Waals surface area contributed by atoms with E-state index in [9.17, 15) is 18.8 Å². The highest BCUT2D eigenvalue weighted by atomic mass is 127. The second-order valence-corrected chi connectivity index (χ2v) is 10.5. The van der Waals surface area contributed by atoms with Crippen LogP contribution in [0.25, 0.3) is 10.9 Å². The van der Waals surface area contributed by atoms with Gasteiger partial charge in [0.15, 0.2) is 3.55 Å². The molecule has 0 radical (unpaired) electrons. The zero-order valence-electron chi connectivity index (χ0n) is 17.8. The zero-order chi connectivity index (χ0) is 23.4. The van der Waals surface area contributed by atoms with E-state index >= 15 is 0 Å². The van der Waals surface area contributed by atoms with Crippen molar-refractivity contribution < 1.29 is 13.6 Å². The van der Waals surface area contributed by atoms with Gasteiger partial charge in [-0.2, -0.15) is 19.1 Å². The summed E-state index contributed by atoms with van der Waals surface area (Å²) in [5.41, 5.74) is 1.88. The van der Waals surface area contributed by atoms with Crippen molar-refractivity contribution in [2.45, 2.75) is 54.0 Å². The molecule has 0 bridgehead atoms. The first kappa shape index (κ1) is 22.1. The van der Waals surface area contributed by atoms with Gasteiger partial charge < -0.3 is 5.32 Å². The number of hydrogen-bond acceptors (Lipinski definition) is 5. The Labute approximate surface area is 202 Å². The largest absolute Gasteiger partial charge is 0.344 e. The molecule has 2 aliphatic rings. The Morgan fingerprint density at radius 1 is 1.24 bits per heavy atom. The lowest BCUT2D eigenvalue weighted by molar-refractivity contribution is -0.144. The van der Waals surface area contributed by atoms with Crippen LogP contribution in [0.3, 0.4) is 0 Å². The minimum absolute atomic E-state index is 0.00828. The monoisotopic (exact) mass is 562 g/mol. The van der Waals surface area contributed by atoms with Gasteiger partial charge in [-0.15, -0.1) is 0 Å². The highest BCUT2D eigenvalue weighted by Crippen LogP contribution is 2.48. The van der Waals surface area contributed by atoms with Crippen LogP contribution in [0.5, 0.6) is 0 Å². The fourth-order valence-corrected chi connectivity index (χ4v) is 5.42. The molecular weight excluding hydrogens is 541 g/mol. The van der Waals surface area contributed by atoms with Gasteiger partial charge in [-0.1, -0.05) is 0 Å². The van der Waals surface area contributed by atoms with Crippen molar-refractivity contribution in [3.63, 3.8) is 0 Å². The molecule has 2 saturated carbocycles. The Morgan fingerprint density at radius 2 is 1.94 bits per heavy atom. The van der Waals surface area contributed by atoms with Gasteiger partial charge in [-0.25, -0.2) is 14.6 Å². The Balaban J connectivity index is 1.66. The van der Waals surface area contributed by atoms with Crippen LogP contribution in [0, 0.1) is 17.2 Å². The molecule has 1 amide bonds. The van der Waals surface area contributed by atoms with E-state index in [1.54, 1.807) is 41.5 Å². The summed E-state index contributed by atoms with van der Waals surface area (Å²) in [6.45, 7) is 0.599. The van der Waals surface area contributed by atoms with Crippen LogP contribution < -0.4 is 5.32 Å². The quantitative estimate of drug-likeness (QED) is 0.343. The maximum Gasteiger partial charge on any atom is 0.321 e. The number of hydrogen-bond donors (Lipinski definition) is 1. The molecule has 0 aliphatic heterocycles. The molecule has 7 nitrogen and oxygen atoms in total. The highest BCUT2D eigenvalue weighted by molar-refractivity contribution is 14.1. The molecule has 170 valence electrons. The molecule has 10 heteroatoms. The lowest BCUT2D eigenvalue weighted by Crippen LogP contribution is -2.55. The standard InChI is InChI=1S/C23H21F2IN6O/c1-22(24,25)21(33)31-19(14-3-4-14)23(26,17-11-28-20(29-12-17)15-5-6-15)32-18-7-2-13(9-27)8-16(18)10-30-32/h2,7-8,10-12,14-15,19H,3-6H2,1H3,(H,31,33)/t19-,23-/m0/s1. The molecule has 3 aromatic rings. The Kier molecular flexibility index (Phi) is 5.34. The number of halogens is 3. The van der Waals surface area contributed by atoms with Gasteiger partial charge in [0.25, 0.3) is 5.91 Å². The maximum absolute atomic E-state index is 13.9. The smallest absolute Gasteiger partial charge is 0.321 e. The summed E-state index contributed by atoms with van der Waals surface area (Å²) in [7, 11) is 0. The van der Waals surface area contributed by atoms with Crippen molar-refractivity contribution in [2.75, 3.05) is 0 Å². The molecule has 2 aliphatic carbocycles. The summed E-state index contributed by atoms with van der Waals surface area (Å²) in [5, 5.41) is 17.2. The highest BCUT2D eigenvalue weighted by Gasteiger charge is 2.52. The summed E-state index contributed by atoms with van der Waals surface area (Å²) in [6.07, 6.45) is 8.82. The summed E-state index contributed by atoms with van der Waals surface area (Å²) in [6, 6.07) is 6.66. The SMILES string of the molecule is CC(F)(F)C(=O)N[C@@H](C1CC1)[C@](I)(c1cnc(C2CC2)nc1)n1ncc2cc(C#N)ccc21. The van der Waals surface area contributed by atoms with Crippen LogP contribution in [0.1, 0.15) is 55.5 Å². The lowest BCUT2D eigenvalue weighted by atomic mass is 9.96. The third kappa shape index (κ3) is 4.07. The molecule has 1 N–H and O–H groups in total. The zero-order valence-corrected chi connectivity index (χ0v) is 20.0.